The first-order valence-electron chi connectivity index (χ1n) is 17.9. The lowest BCUT2D eigenvalue weighted by molar-refractivity contribution is -0.159. The van der Waals surface area contributed by atoms with E-state index in [1.54, 1.807) is 0 Å². The van der Waals surface area contributed by atoms with E-state index < -0.39 is 0 Å². The Balaban J connectivity index is 1.57. The molecular formula is C36H69N3O. The van der Waals surface area contributed by atoms with Crippen LogP contribution in [-0.2, 0) is 0 Å². The molecule has 0 aliphatic heterocycles. The van der Waals surface area contributed by atoms with Gasteiger partial charge in [0.05, 0.1) is 6.10 Å². The van der Waals surface area contributed by atoms with E-state index in [1.165, 1.54) is 64.2 Å². The molecule has 4 aliphatic carbocycles. The molecule has 0 saturated heterocycles. The molecule has 0 spiro atoms. The van der Waals surface area contributed by atoms with Crippen molar-refractivity contribution in [1.82, 2.24) is 4.90 Å². The summed E-state index contributed by atoms with van der Waals surface area (Å²) in [4.78, 5) is 2.84. The normalized spacial score (nSPS) is 41.0. The zero-order chi connectivity index (χ0) is 29.1. The highest BCUT2D eigenvalue weighted by Gasteiger charge is 2.63. The van der Waals surface area contributed by atoms with E-state index in [0.29, 0.717) is 22.8 Å². The van der Waals surface area contributed by atoms with E-state index in [2.05, 4.69) is 46.4 Å². The Morgan fingerprint density at radius 1 is 0.800 bits per heavy atom. The number of aliphatic hydroxyl groups excluding tert-OH is 1. The van der Waals surface area contributed by atoms with Crippen molar-refractivity contribution in [1.29, 1.82) is 0 Å². The lowest BCUT2D eigenvalue weighted by Gasteiger charge is -2.64. The van der Waals surface area contributed by atoms with Crippen LogP contribution in [-0.4, -0.2) is 48.3 Å². The third-order valence-corrected chi connectivity index (χ3v) is 13.9. The highest BCUT2D eigenvalue weighted by molar-refractivity contribution is 5.12. The summed E-state index contributed by atoms with van der Waals surface area (Å²) in [5, 5.41) is 10.9. The number of rotatable bonds is 14. The number of nitrogens with zero attached hydrogens (tertiary/aromatic N) is 1. The molecule has 40 heavy (non-hydrogen) atoms. The van der Waals surface area contributed by atoms with Crippen molar-refractivity contribution in [2.45, 2.75) is 144 Å². The minimum atomic E-state index is -0.110. The van der Waals surface area contributed by atoms with E-state index in [4.69, 9.17) is 11.5 Å². The van der Waals surface area contributed by atoms with Gasteiger partial charge < -0.3 is 21.5 Å². The van der Waals surface area contributed by atoms with Gasteiger partial charge in [-0.25, -0.2) is 0 Å². The number of aliphatic hydroxyl groups is 1. The molecule has 0 aromatic carbocycles. The minimum absolute atomic E-state index is 0.110. The molecule has 0 heterocycles. The van der Waals surface area contributed by atoms with Crippen LogP contribution < -0.4 is 11.5 Å². The van der Waals surface area contributed by atoms with Gasteiger partial charge in [-0.05, 0) is 161 Å². The third kappa shape index (κ3) is 6.51. The van der Waals surface area contributed by atoms with Crippen LogP contribution in [0, 0.1) is 58.2 Å². The molecule has 0 bridgehead atoms. The summed E-state index contributed by atoms with van der Waals surface area (Å²) in [6, 6.07) is 0.598. The molecule has 4 nitrogen and oxygen atoms in total. The Morgan fingerprint density at radius 2 is 1.48 bits per heavy atom. The maximum atomic E-state index is 10.9. The highest BCUT2D eigenvalue weighted by Crippen LogP contribution is 2.69. The van der Waals surface area contributed by atoms with Crippen molar-refractivity contribution >= 4 is 0 Å². The molecule has 4 rings (SSSR count). The lowest BCUT2D eigenvalue weighted by atomic mass is 9.43. The molecule has 5 N–H and O–H groups in total. The lowest BCUT2D eigenvalue weighted by Crippen LogP contribution is -2.62. The maximum Gasteiger partial charge on any atom is 0.0543 e. The van der Waals surface area contributed by atoms with Crippen LogP contribution in [0.15, 0.2) is 0 Å². The summed E-state index contributed by atoms with van der Waals surface area (Å²) in [6.45, 7) is 19.1. The van der Waals surface area contributed by atoms with Crippen LogP contribution in [0.4, 0.5) is 0 Å². The van der Waals surface area contributed by atoms with Crippen molar-refractivity contribution in [2.24, 2.45) is 69.6 Å². The zero-order valence-electron chi connectivity index (χ0n) is 27.6. The Hall–Kier alpha value is -0.160. The average Bonchev–Trinajstić information content (AvgIpc) is 3.28. The summed E-state index contributed by atoms with van der Waals surface area (Å²) in [6.07, 6.45) is 17.8. The average molecular weight is 560 g/mol. The molecule has 4 aliphatic rings. The van der Waals surface area contributed by atoms with Gasteiger partial charge in [0.2, 0.25) is 0 Å². The molecule has 1 unspecified atom stereocenters. The second-order valence-corrected chi connectivity index (χ2v) is 16.1. The van der Waals surface area contributed by atoms with Crippen LogP contribution in [0.1, 0.15) is 131 Å². The molecule has 4 saturated carbocycles. The van der Waals surface area contributed by atoms with Gasteiger partial charge in [0.25, 0.3) is 0 Å². The second kappa shape index (κ2) is 14.1. The first-order valence-corrected chi connectivity index (χ1v) is 17.9. The Kier molecular flexibility index (Phi) is 11.5. The van der Waals surface area contributed by atoms with E-state index in [9.17, 15) is 5.11 Å². The van der Waals surface area contributed by atoms with Crippen molar-refractivity contribution < 1.29 is 5.11 Å². The zero-order valence-corrected chi connectivity index (χ0v) is 27.6. The predicted molar refractivity (Wildman–Crippen MR) is 171 cm³/mol. The molecule has 4 fully saturated rings. The van der Waals surface area contributed by atoms with Gasteiger partial charge in [-0.2, -0.15) is 0 Å². The molecule has 0 aromatic heterocycles. The van der Waals surface area contributed by atoms with Gasteiger partial charge in [-0.3, -0.25) is 0 Å². The largest absolute Gasteiger partial charge is 0.393 e. The van der Waals surface area contributed by atoms with Crippen molar-refractivity contribution in [3.8, 4) is 0 Å². The predicted octanol–water partition coefficient (Wildman–Crippen LogP) is 7.47. The third-order valence-electron chi connectivity index (χ3n) is 13.9. The van der Waals surface area contributed by atoms with Gasteiger partial charge >= 0.3 is 0 Å². The fraction of sp³-hybridized carbons (Fsp3) is 1.00. The minimum Gasteiger partial charge on any atom is -0.393 e. The first kappa shape index (κ1) is 32.7. The summed E-state index contributed by atoms with van der Waals surface area (Å²) in [5.74, 6) is 6.66. The standard InChI is InChI=1S/C36H69N3O/c1-7-27(25(2)3)12-11-26(4)30-13-14-31-29-24-34(39(22-10-20-38)21-9-8-19-37)33-23-28(40)15-17-36(33,6)32(29)16-18-35(30,31)5/h25-34,40H,7-24,37-38H2,1-6H3/t26-,27?,28+,29+,30-,31+,32+,33-,34-,35-,36-/m1/s1. The van der Waals surface area contributed by atoms with Gasteiger partial charge in [0.1, 0.15) is 0 Å². The van der Waals surface area contributed by atoms with Gasteiger partial charge in [-0.15, -0.1) is 0 Å². The van der Waals surface area contributed by atoms with Gasteiger partial charge in [-0.1, -0.05) is 54.4 Å². The molecule has 4 heteroatoms. The Labute approximate surface area is 249 Å². The molecule has 0 amide bonds. The molecule has 11 atom stereocenters. The SMILES string of the molecule is CCC(CC[C@@H](C)[C@H]1CC[C@H]2[C@@H]3C[C@@H](N(CCCN)CCCCN)[C@H]4C[C@@H](O)CC[C@]4(C)[C@H]3CC[C@]12C)C(C)C. The van der Waals surface area contributed by atoms with E-state index in [1.807, 2.05) is 0 Å². The number of unbranched alkanes of at least 4 members (excludes halogenated alkanes) is 1. The highest BCUT2D eigenvalue weighted by atomic mass is 16.3. The number of hydrogen-bond acceptors (Lipinski definition) is 4. The summed E-state index contributed by atoms with van der Waals surface area (Å²) in [7, 11) is 0. The van der Waals surface area contributed by atoms with Gasteiger partial charge in [0.15, 0.2) is 0 Å². The second-order valence-electron chi connectivity index (χ2n) is 16.1. The van der Waals surface area contributed by atoms with E-state index in [0.717, 1.165) is 93.3 Å². The van der Waals surface area contributed by atoms with Crippen molar-refractivity contribution in [3.05, 3.63) is 0 Å². The smallest absolute Gasteiger partial charge is 0.0543 e. The van der Waals surface area contributed by atoms with Crippen LogP contribution in [0.3, 0.4) is 0 Å². The molecule has 0 radical (unpaired) electrons. The maximum absolute atomic E-state index is 10.9. The summed E-state index contributed by atoms with van der Waals surface area (Å²) >= 11 is 0. The van der Waals surface area contributed by atoms with Crippen LogP contribution >= 0.6 is 0 Å². The first-order chi connectivity index (χ1) is 19.1. The van der Waals surface area contributed by atoms with Gasteiger partial charge in [0, 0.05) is 6.04 Å². The van der Waals surface area contributed by atoms with Crippen LogP contribution in [0.2, 0.25) is 0 Å². The quantitative estimate of drug-likeness (QED) is 0.193. The number of nitrogens with two attached hydrogens (primary N) is 2. The van der Waals surface area contributed by atoms with Crippen molar-refractivity contribution in [2.75, 3.05) is 26.2 Å². The van der Waals surface area contributed by atoms with Crippen molar-refractivity contribution in [3.63, 3.8) is 0 Å². The molecular weight excluding hydrogens is 490 g/mol. The summed E-state index contributed by atoms with van der Waals surface area (Å²) < 4.78 is 0. The van der Waals surface area contributed by atoms with E-state index >= 15 is 0 Å². The summed E-state index contributed by atoms with van der Waals surface area (Å²) in [5.41, 5.74) is 12.9. The molecule has 0 aromatic rings. The van der Waals surface area contributed by atoms with E-state index in [-0.39, 0.29) is 6.10 Å². The Morgan fingerprint density at radius 3 is 2.15 bits per heavy atom. The number of hydrogen-bond donors (Lipinski definition) is 3. The fourth-order valence-electron chi connectivity index (χ4n) is 11.5. The number of fused-ring (bicyclic) bond motifs is 5. The monoisotopic (exact) mass is 560 g/mol. The molecule has 234 valence electrons. The van der Waals surface area contributed by atoms with Crippen LogP contribution in [0.5, 0.6) is 0 Å². The topological polar surface area (TPSA) is 75.5 Å². The van der Waals surface area contributed by atoms with Crippen LogP contribution in [0.25, 0.3) is 0 Å². The fourth-order valence-corrected chi connectivity index (χ4v) is 11.5. The Bertz CT molecular complexity index is 773.